The molecule has 6 aliphatic rings. The highest BCUT2D eigenvalue weighted by atomic mass is 19.1. The predicted molar refractivity (Wildman–Crippen MR) is 357 cm³/mol. The standard InChI is InChI=1S/C71H82FN13O14/c1-5-71(96)48-32-54-61-46(36-85(54)68(94)47(48)37-99-69(71)95)60-50(15-14-43-38(2)49(72)33-51(77-61)59(43)60)78-67(93)52(34-55(73)86)79-65(91)40(4)76-64(90)39(3)75-56(87)19-28-97-30-31-98-29-20-57(88)83-26-23-70(24-27-83)21-16-41(17-22-70)66(92)74-25-18-58(89)84-35-42-10-6-7-11-44(42)62-63(81-82-80-62)45-12-8-9-13-53(45)84/h6-13,32-33,39-41,50,52,96H,5,14-31,34-37H2,1-4H3,(H2,73,86)(H,74,92)(H,75,87)(H,76,90)(H,78,93)(H,79,91)(H,80,81,82)/t39-,40-,50-,52-,71-/m0/s1. The minimum Gasteiger partial charge on any atom is -0.458 e. The average molecular weight is 1360 g/mol. The Labute approximate surface area is 569 Å². The van der Waals surface area contributed by atoms with Crippen molar-refractivity contribution in [3.63, 3.8) is 0 Å². The molecule has 7 heterocycles. The molecule has 1 saturated heterocycles. The summed E-state index contributed by atoms with van der Waals surface area (Å²) in [6, 6.07) is 13.6. The van der Waals surface area contributed by atoms with Gasteiger partial charge < -0.3 is 66.0 Å². The molecule has 27 nitrogen and oxygen atoms in total. The highest BCUT2D eigenvalue weighted by Crippen LogP contribution is 2.48. The van der Waals surface area contributed by atoms with Gasteiger partial charge in [-0.1, -0.05) is 49.4 Å². The van der Waals surface area contributed by atoms with Crippen molar-refractivity contribution in [3.8, 4) is 33.9 Å². The van der Waals surface area contributed by atoms with Gasteiger partial charge in [0, 0.05) is 72.1 Å². The van der Waals surface area contributed by atoms with Crippen LogP contribution < -0.4 is 42.8 Å². The minimum absolute atomic E-state index is 0.00197. The molecule has 1 saturated carbocycles. The monoisotopic (exact) mass is 1360 g/mol. The van der Waals surface area contributed by atoms with Crippen LogP contribution in [0.3, 0.4) is 0 Å². The zero-order valence-electron chi connectivity index (χ0n) is 55.8. The average Bonchev–Trinajstić information content (AvgIpc) is 1.62. The molecule has 28 heteroatoms. The van der Waals surface area contributed by atoms with Crippen LogP contribution in [0.15, 0.2) is 65.5 Å². The lowest BCUT2D eigenvalue weighted by Crippen LogP contribution is -2.56. The van der Waals surface area contributed by atoms with Gasteiger partial charge in [0.25, 0.3) is 5.56 Å². The van der Waals surface area contributed by atoms with Crippen LogP contribution in [-0.4, -0.2) is 152 Å². The number of pyridine rings is 2. The summed E-state index contributed by atoms with van der Waals surface area (Å²) < 4.78 is 33.5. The number of aromatic amines is 1. The molecule has 12 rings (SSSR count). The number of likely N-dealkylation sites (tertiary alicyclic amines) is 1. The molecule has 9 N–H and O–H groups in total. The summed E-state index contributed by atoms with van der Waals surface area (Å²) in [7, 11) is 0. The Morgan fingerprint density at radius 1 is 0.778 bits per heavy atom. The Kier molecular flexibility index (Phi) is 20.2. The van der Waals surface area contributed by atoms with Gasteiger partial charge in [-0.05, 0) is 118 Å². The SMILES string of the molecule is CC[C@@]1(O)C(=O)OCc2c1cc1n(c2=O)Cc2c-1nc1cc(F)c(C)c3c1c2[C@@H](NC(=O)[C@H](CC(N)=O)NC(=O)[C@H](C)NC(=O)[C@H](C)NC(=O)CCOCCOCCC(=O)N1CCC2(CCC(C(=O)NCCC(=O)N4Cc5ccccc5-c5n[nH]nc5-c5ccccc54)CC2)CC1)CC3. The van der Waals surface area contributed by atoms with Crippen molar-refractivity contribution in [2.45, 2.75) is 161 Å². The maximum absolute atomic E-state index is 15.6. The second kappa shape index (κ2) is 29.0. The van der Waals surface area contributed by atoms with Crippen molar-refractivity contribution in [1.82, 2.24) is 56.4 Å². The molecule has 2 aliphatic carbocycles. The number of fused-ring (bicyclic) bond motifs is 10. The number of cyclic esters (lactones) is 1. The first kappa shape index (κ1) is 69.1. The van der Waals surface area contributed by atoms with Crippen LogP contribution in [0.25, 0.3) is 44.8 Å². The molecular formula is C71H82FN13O14. The number of hydrogen-bond donors (Lipinski definition) is 8. The zero-order valence-corrected chi connectivity index (χ0v) is 55.8. The number of amides is 8. The van der Waals surface area contributed by atoms with Gasteiger partial charge in [0.15, 0.2) is 5.60 Å². The molecule has 3 aromatic heterocycles. The number of nitrogens with one attached hydrogen (secondary N) is 6. The summed E-state index contributed by atoms with van der Waals surface area (Å²) in [6.45, 7) is 7.96. The Balaban J connectivity index is 0.535. The van der Waals surface area contributed by atoms with Crippen molar-refractivity contribution < 1.29 is 66.9 Å². The Bertz CT molecular complexity index is 4290. The Morgan fingerprint density at radius 2 is 1.45 bits per heavy atom. The summed E-state index contributed by atoms with van der Waals surface area (Å²) in [4.78, 5) is 142. The molecular weight excluding hydrogens is 1280 g/mol. The number of aryl methyl sites for hydroxylation is 1. The predicted octanol–water partition coefficient (Wildman–Crippen LogP) is 4.12. The molecule has 2 fully saturated rings. The molecule has 522 valence electrons. The number of aliphatic hydroxyl groups is 1. The molecule has 99 heavy (non-hydrogen) atoms. The second-order valence-electron chi connectivity index (χ2n) is 26.8. The molecule has 0 radical (unpaired) electrons. The van der Waals surface area contributed by atoms with Crippen molar-refractivity contribution in [2.24, 2.45) is 17.1 Å². The zero-order chi connectivity index (χ0) is 70.0. The number of carbonyl (C=O) groups is 9. The fourth-order valence-corrected chi connectivity index (χ4v) is 14.9. The topological polar surface area (TPSA) is 371 Å². The maximum atomic E-state index is 15.6. The summed E-state index contributed by atoms with van der Waals surface area (Å²) in [5.74, 6) is -5.51. The number of nitrogens with two attached hydrogens (primary N) is 1. The normalized spacial score (nSPS) is 18.9. The smallest absolute Gasteiger partial charge is 0.343 e. The van der Waals surface area contributed by atoms with Crippen molar-refractivity contribution in [1.29, 1.82) is 0 Å². The lowest BCUT2D eigenvalue weighted by Gasteiger charge is -2.45. The largest absolute Gasteiger partial charge is 0.458 e. The Hall–Kier alpha value is -9.80. The number of piperidine rings is 1. The van der Waals surface area contributed by atoms with E-state index in [4.69, 9.17) is 24.9 Å². The van der Waals surface area contributed by atoms with Crippen LogP contribution >= 0.6 is 0 Å². The molecule has 0 unspecified atom stereocenters. The van der Waals surface area contributed by atoms with E-state index < -0.39 is 83.1 Å². The number of esters is 1. The van der Waals surface area contributed by atoms with E-state index in [1.807, 2.05) is 53.4 Å². The van der Waals surface area contributed by atoms with Gasteiger partial charge in [-0.15, -0.1) is 0 Å². The third-order valence-electron chi connectivity index (χ3n) is 20.7. The summed E-state index contributed by atoms with van der Waals surface area (Å²) in [6.07, 6.45) is 5.05. The lowest BCUT2D eigenvalue weighted by molar-refractivity contribution is -0.172. The van der Waals surface area contributed by atoms with Gasteiger partial charge in [-0.3, -0.25) is 43.2 Å². The maximum Gasteiger partial charge on any atom is 0.343 e. The van der Waals surface area contributed by atoms with Crippen LogP contribution in [0, 0.1) is 24.1 Å². The molecule has 1 spiro atoms. The van der Waals surface area contributed by atoms with Crippen LogP contribution in [0.2, 0.25) is 0 Å². The number of benzene rings is 3. The molecule has 6 aromatic rings. The van der Waals surface area contributed by atoms with Gasteiger partial charge >= 0.3 is 5.97 Å². The number of anilines is 1. The number of para-hydroxylation sites is 1. The Morgan fingerprint density at radius 3 is 2.18 bits per heavy atom. The van der Waals surface area contributed by atoms with Crippen molar-refractivity contribution in [3.05, 3.63) is 116 Å². The highest BCUT2D eigenvalue weighted by Gasteiger charge is 2.47. The number of rotatable bonds is 23. The van der Waals surface area contributed by atoms with E-state index in [1.54, 1.807) is 18.7 Å². The first-order valence-corrected chi connectivity index (χ1v) is 34.0. The number of carbonyl (C=O) groups excluding carboxylic acids is 9. The highest BCUT2D eigenvalue weighted by molar-refractivity contribution is 6.01. The van der Waals surface area contributed by atoms with Crippen LogP contribution in [-0.2, 0) is 89.1 Å². The van der Waals surface area contributed by atoms with E-state index in [-0.39, 0.29) is 135 Å². The lowest BCUT2D eigenvalue weighted by atomic mass is 9.65. The molecule has 0 bridgehead atoms. The number of halogens is 1. The van der Waals surface area contributed by atoms with E-state index >= 15 is 4.39 Å². The van der Waals surface area contributed by atoms with Gasteiger partial charge in [-0.25, -0.2) is 14.2 Å². The van der Waals surface area contributed by atoms with Gasteiger partial charge in [0.2, 0.25) is 47.3 Å². The molecule has 4 aliphatic heterocycles. The fraction of sp³-hybridized carbons (Fsp3) is 0.479. The number of nitrogens with zero attached hydrogens (tertiary/aromatic N) is 6. The van der Waals surface area contributed by atoms with Crippen molar-refractivity contribution in [2.75, 3.05) is 51.0 Å². The van der Waals surface area contributed by atoms with E-state index in [0.717, 1.165) is 66.6 Å². The quantitative estimate of drug-likeness (QED) is 0.0330. The van der Waals surface area contributed by atoms with E-state index in [0.29, 0.717) is 59.4 Å². The number of aromatic nitrogens is 5. The van der Waals surface area contributed by atoms with E-state index in [2.05, 4.69) is 42.0 Å². The number of ether oxygens (including phenoxy) is 3. The molecule has 3 aromatic carbocycles. The third-order valence-corrected chi connectivity index (χ3v) is 20.7. The first-order valence-electron chi connectivity index (χ1n) is 34.0. The van der Waals surface area contributed by atoms with Crippen LogP contribution in [0.5, 0.6) is 0 Å². The number of H-pyrrole nitrogens is 1. The summed E-state index contributed by atoms with van der Waals surface area (Å²) >= 11 is 0. The van der Waals surface area contributed by atoms with Crippen LogP contribution in [0.4, 0.5) is 10.1 Å². The van der Waals surface area contributed by atoms with Gasteiger partial charge in [-0.2, -0.15) is 15.4 Å². The molecule has 8 amide bonds. The minimum atomic E-state index is -2.10. The fourth-order valence-electron chi connectivity index (χ4n) is 14.9. The first-order chi connectivity index (χ1) is 47.6. The second-order valence-corrected chi connectivity index (χ2v) is 26.8. The van der Waals surface area contributed by atoms with Gasteiger partial charge in [0.05, 0.1) is 86.6 Å². The third kappa shape index (κ3) is 14.0. The van der Waals surface area contributed by atoms with Crippen molar-refractivity contribution >= 4 is 69.8 Å². The summed E-state index contributed by atoms with van der Waals surface area (Å²) in [5, 5.41) is 37.3. The summed E-state index contributed by atoms with van der Waals surface area (Å²) in [5.41, 5.74) is 10.9. The van der Waals surface area contributed by atoms with E-state index in [9.17, 15) is 53.1 Å². The van der Waals surface area contributed by atoms with E-state index in [1.165, 1.54) is 30.5 Å². The number of primary amides is 1. The van der Waals surface area contributed by atoms with Gasteiger partial charge in [0.1, 0.15) is 41.9 Å². The van der Waals surface area contributed by atoms with Crippen LogP contribution in [0.1, 0.15) is 143 Å². The molecule has 5 atom stereocenters. The number of hydrogen-bond acceptors (Lipinski definition) is 17.